The van der Waals surface area contributed by atoms with Gasteiger partial charge >= 0.3 is 87.0 Å². The molecule has 0 bridgehead atoms. The molecule has 0 atom stereocenters. The van der Waals surface area contributed by atoms with E-state index in [0.29, 0.717) is 0 Å². The van der Waals surface area contributed by atoms with Crippen LogP contribution in [0.2, 0.25) is 0 Å². The van der Waals surface area contributed by atoms with Gasteiger partial charge in [-0.3, -0.25) is 0 Å². The van der Waals surface area contributed by atoms with E-state index in [1.54, 1.807) is 6.14 Å². The molecule has 0 aliphatic rings. The van der Waals surface area contributed by atoms with Crippen LogP contribution in [0.1, 0.15) is 0 Å². The summed E-state index contributed by atoms with van der Waals surface area (Å²) in [5, 5.41) is 8.97. The van der Waals surface area contributed by atoms with Crippen molar-refractivity contribution in [2.45, 2.75) is 0 Å². The molecule has 2 heterocycles. The van der Waals surface area contributed by atoms with E-state index in [1.807, 2.05) is 22.7 Å². The third kappa shape index (κ3) is 2.14. The summed E-state index contributed by atoms with van der Waals surface area (Å²) in [5.41, 5.74) is 0. The Morgan fingerprint density at radius 1 is 0.909 bits per heavy atom. The van der Waals surface area contributed by atoms with Crippen LogP contribution in [0, 0.1) is 0 Å². The van der Waals surface area contributed by atoms with Crippen molar-refractivity contribution < 1.29 is 24.6 Å². The van der Waals surface area contributed by atoms with Gasteiger partial charge in [0.1, 0.15) is 0 Å². The second kappa shape index (κ2) is 3.83. The molecule has 0 aromatic carbocycles. The van der Waals surface area contributed by atoms with Crippen molar-refractivity contribution in [3.8, 4) is 0 Å². The van der Waals surface area contributed by atoms with Crippen molar-refractivity contribution in [1.29, 1.82) is 0 Å². The van der Waals surface area contributed by atoms with Gasteiger partial charge in [0.05, 0.1) is 0 Å². The molecule has 0 aliphatic carbocycles. The maximum absolute atomic E-state index is 2.30. The molecule has 0 radical (unpaired) electrons. The van der Waals surface area contributed by atoms with Crippen molar-refractivity contribution in [3.63, 3.8) is 0 Å². The van der Waals surface area contributed by atoms with Crippen molar-refractivity contribution in [2.75, 3.05) is 0 Å². The zero-order valence-electron chi connectivity index (χ0n) is 5.99. The van der Waals surface area contributed by atoms with E-state index in [4.69, 9.17) is 0 Å². The fourth-order valence-electron chi connectivity index (χ4n) is 1.02. The van der Waals surface area contributed by atoms with Gasteiger partial charge in [-0.1, -0.05) is 0 Å². The van der Waals surface area contributed by atoms with Gasteiger partial charge in [0.2, 0.25) is 0 Å². The van der Waals surface area contributed by atoms with Crippen molar-refractivity contribution in [2.24, 2.45) is 0 Å². The zero-order chi connectivity index (χ0) is 7.52. The first-order valence-corrected chi connectivity index (χ1v) is 10.9. The Labute approximate surface area is 86.3 Å². The van der Waals surface area contributed by atoms with E-state index >= 15 is 0 Å². The normalized spacial score (nSPS) is 9.45. The Hall–Kier alpha value is 0.335. The van der Waals surface area contributed by atoms with Gasteiger partial charge in [0.15, 0.2) is 0 Å². The Morgan fingerprint density at radius 3 is 1.82 bits per heavy atom. The van der Waals surface area contributed by atoms with Crippen LogP contribution in [0.5, 0.6) is 0 Å². The molecule has 0 N–H and O–H groups in total. The molecule has 0 fully saturated rings. The molecular weight excluding hydrogens is 361 g/mol. The first kappa shape index (κ1) is 7.96. The first-order chi connectivity index (χ1) is 5.45. The second-order valence-electron chi connectivity index (χ2n) is 2.44. The fraction of sp³-hybridized carbons (Fsp3) is 0. The van der Waals surface area contributed by atoms with Crippen LogP contribution >= 0.6 is 22.7 Å². The van der Waals surface area contributed by atoms with Gasteiger partial charge in [-0.2, -0.15) is 0 Å². The summed E-state index contributed by atoms with van der Waals surface area (Å²) in [6.07, 6.45) is 0. The minimum atomic E-state index is -0.860. The molecule has 52 valence electrons. The van der Waals surface area contributed by atoms with Crippen LogP contribution in [0.4, 0.5) is 0 Å². The molecule has 2 aromatic rings. The SMILES string of the molecule is c1c[c]([Hg][c]2ccsc2)cs1. The summed E-state index contributed by atoms with van der Waals surface area (Å²) in [4.78, 5) is 0. The van der Waals surface area contributed by atoms with Crippen LogP contribution < -0.4 is 6.14 Å². The average molecular weight is 367 g/mol. The molecule has 2 aromatic heterocycles. The fourth-order valence-corrected chi connectivity index (χ4v) is 11.5. The van der Waals surface area contributed by atoms with E-state index in [9.17, 15) is 0 Å². The standard InChI is InChI=1S/2C4H3S.Hg/c2*1-2-4-5-3-1;/h2*1,3-4H;. The van der Waals surface area contributed by atoms with E-state index < -0.39 is 24.6 Å². The Kier molecular flexibility index (Phi) is 2.77. The van der Waals surface area contributed by atoms with Crippen molar-refractivity contribution in [1.82, 2.24) is 0 Å². The summed E-state index contributed by atoms with van der Waals surface area (Å²) >= 11 is 2.78. The number of rotatable bonds is 2. The van der Waals surface area contributed by atoms with Crippen LogP contribution in [0.3, 0.4) is 0 Å². The second-order valence-corrected chi connectivity index (χ2v) is 11.7. The molecule has 0 spiro atoms. The van der Waals surface area contributed by atoms with Gasteiger partial charge < -0.3 is 0 Å². The number of hydrogen-bond acceptors (Lipinski definition) is 2. The molecule has 3 heteroatoms. The molecule has 0 amide bonds. The number of hydrogen-bond donors (Lipinski definition) is 0. The zero-order valence-corrected chi connectivity index (χ0v) is 13.1. The molecule has 0 saturated carbocycles. The summed E-state index contributed by atoms with van der Waals surface area (Å²) in [6, 6.07) is 4.56. The van der Waals surface area contributed by atoms with Gasteiger partial charge in [0.25, 0.3) is 0 Å². The molecule has 0 unspecified atom stereocenters. The van der Waals surface area contributed by atoms with Gasteiger partial charge in [-0.25, -0.2) is 0 Å². The predicted octanol–water partition coefficient (Wildman–Crippen LogP) is 1.84. The maximum atomic E-state index is 2.30. The van der Waals surface area contributed by atoms with Crippen molar-refractivity contribution in [3.05, 3.63) is 33.7 Å². The third-order valence-corrected chi connectivity index (χ3v) is 11.9. The van der Waals surface area contributed by atoms with E-state index in [0.717, 1.165) is 0 Å². The van der Waals surface area contributed by atoms with Crippen LogP contribution in [0.15, 0.2) is 33.7 Å². The molecule has 0 saturated heterocycles. The predicted molar refractivity (Wildman–Crippen MR) is 47.9 cm³/mol. The Morgan fingerprint density at radius 2 is 1.45 bits per heavy atom. The summed E-state index contributed by atoms with van der Waals surface area (Å²) in [5.74, 6) is 0. The molecular formula is C8H6HgS2. The first-order valence-electron chi connectivity index (χ1n) is 3.47. The molecule has 11 heavy (non-hydrogen) atoms. The summed E-state index contributed by atoms with van der Waals surface area (Å²) < 4.78 is 3.29. The van der Waals surface area contributed by atoms with Crippen LogP contribution in [-0.2, 0) is 24.6 Å². The quantitative estimate of drug-likeness (QED) is 0.712. The summed E-state index contributed by atoms with van der Waals surface area (Å²) in [6.45, 7) is 0. The summed E-state index contributed by atoms with van der Waals surface area (Å²) in [7, 11) is 0. The van der Waals surface area contributed by atoms with Gasteiger partial charge in [-0.05, 0) is 0 Å². The topological polar surface area (TPSA) is 0 Å². The molecule has 0 nitrogen and oxygen atoms in total. The van der Waals surface area contributed by atoms with Crippen molar-refractivity contribution >= 4 is 28.8 Å². The average Bonchev–Trinajstić information content (AvgIpc) is 2.60. The van der Waals surface area contributed by atoms with Gasteiger partial charge in [-0.15, -0.1) is 0 Å². The van der Waals surface area contributed by atoms with Crippen LogP contribution in [-0.4, -0.2) is 0 Å². The van der Waals surface area contributed by atoms with Gasteiger partial charge in [0, 0.05) is 0 Å². The monoisotopic (exact) mass is 368 g/mol. The number of thiophene rings is 2. The minimum absolute atomic E-state index is 0.860. The Balaban J connectivity index is 2.14. The van der Waals surface area contributed by atoms with Crippen LogP contribution in [0.25, 0.3) is 0 Å². The molecule has 0 aliphatic heterocycles. The third-order valence-electron chi connectivity index (χ3n) is 1.57. The van der Waals surface area contributed by atoms with E-state index in [-0.39, 0.29) is 0 Å². The van der Waals surface area contributed by atoms with E-state index in [2.05, 4.69) is 33.7 Å². The van der Waals surface area contributed by atoms with E-state index in [1.165, 1.54) is 0 Å². The Bertz CT molecular complexity index is 264. The molecule has 2 rings (SSSR count).